The molecule has 0 aromatic carbocycles. The fourth-order valence-electron chi connectivity index (χ4n) is 3.35. The van der Waals surface area contributed by atoms with Gasteiger partial charge in [-0.15, -0.1) is 24.0 Å². The number of guanidine groups is 1. The van der Waals surface area contributed by atoms with Gasteiger partial charge in [-0.3, -0.25) is 9.79 Å². The van der Waals surface area contributed by atoms with E-state index in [9.17, 15) is 4.79 Å². The lowest BCUT2D eigenvalue weighted by molar-refractivity contribution is 0.0925. The highest BCUT2D eigenvalue weighted by atomic mass is 127. The van der Waals surface area contributed by atoms with Gasteiger partial charge in [-0.1, -0.05) is 13.3 Å². The first-order valence-corrected chi connectivity index (χ1v) is 10.7. The van der Waals surface area contributed by atoms with Crippen LogP contribution in [0.5, 0.6) is 0 Å². The first kappa shape index (κ1) is 25.7. The number of carbonyl (C=O) groups excluding carboxylic acids is 1. The summed E-state index contributed by atoms with van der Waals surface area (Å²) in [4.78, 5) is 19.2. The summed E-state index contributed by atoms with van der Waals surface area (Å²) in [5.74, 6) is 1.11. The standard InChI is InChI=1S/C21H37N5O2.HI/c1-4-6-13-26-14-8-18(9-15-26)25-21(22-5-2)24-12-7-11-23-20(27)19-17(3)10-16-28-19;/h10,16,18H,4-9,11-15H2,1-3H3,(H,23,27)(H2,22,24,25);1H. The minimum Gasteiger partial charge on any atom is -0.459 e. The highest BCUT2D eigenvalue weighted by molar-refractivity contribution is 14.0. The number of nitrogens with zero attached hydrogens (tertiary/aromatic N) is 2. The van der Waals surface area contributed by atoms with Gasteiger partial charge in [0.1, 0.15) is 0 Å². The molecule has 1 fully saturated rings. The second-order valence-electron chi connectivity index (χ2n) is 7.42. The number of aryl methyl sites for hydroxylation is 1. The number of unbranched alkanes of at least 4 members (excludes halogenated alkanes) is 1. The molecule has 2 rings (SSSR count). The van der Waals surface area contributed by atoms with E-state index in [1.54, 1.807) is 6.07 Å². The van der Waals surface area contributed by atoms with Crippen molar-refractivity contribution < 1.29 is 9.21 Å². The molecule has 1 aliphatic heterocycles. The molecule has 3 N–H and O–H groups in total. The molecule has 1 saturated heterocycles. The minimum absolute atomic E-state index is 0. The van der Waals surface area contributed by atoms with E-state index < -0.39 is 0 Å². The minimum atomic E-state index is -0.161. The topological polar surface area (TPSA) is 81.9 Å². The number of amides is 1. The van der Waals surface area contributed by atoms with Crippen LogP contribution in [0.4, 0.5) is 0 Å². The predicted octanol–water partition coefficient (Wildman–Crippen LogP) is 3.15. The number of nitrogens with one attached hydrogen (secondary N) is 3. The van der Waals surface area contributed by atoms with E-state index in [2.05, 4.69) is 39.7 Å². The average molecular weight is 519 g/mol. The fraction of sp³-hybridized carbons (Fsp3) is 0.714. The van der Waals surface area contributed by atoms with Crippen LogP contribution in [0.1, 0.15) is 62.1 Å². The van der Waals surface area contributed by atoms with Gasteiger partial charge in [0.25, 0.3) is 5.91 Å². The van der Waals surface area contributed by atoms with Crippen LogP contribution < -0.4 is 16.0 Å². The number of furan rings is 1. The maximum Gasteiger partial charge on any atom is 0.287 e. The number of hydrogen-bond donors (Lipinski definition) is 3. The largest absolute Gasteiger partial charge is 0.459 e. The van der Waals surface area contributed by atoms with E-state index in [-0.39, 0.29) is 29.9 Å². The Balaban J connectivity index is 0.00000420. The number of piperidine rings is 1. The highest BCUT2D eigenvalue weighted by Crippen LogP contribution is 2.11. The molecule has 0 aliphatic carbocycles. The highest BCUT2D eigenvalue weighted by Gasteiger charge is 2.19. The zero-order valence-electron chi connectivity index (χ0n) is 18.1. The summed E-state index contributed by atoms with van der Waals surface area (Å²) in [6.07, 6.45) is 7.20. The van der Waals surface area contributed by atoms with Crippen LogP contribution in [0.2, 0.25) is 0 Å². The van der Waals surface area contributed by atoms with Gasteiger partial charge in [0.05, 0.1) is 6.26 Å². The molecular weight excluding hydrogens is 481 g/mol. The second kappa shape index (κ2) is 14.7. The Kier molecular flexibility index (Phi) is 13.0. The molecule has 1 aromatic heterocycles. The van der Waals surface area contributed by atoms with Crippen LogP contribution in [0, 0.1) is 6.92 Å². The number of rotatable bonds is 10. The summed E-state index contributed by atoms with van der Waals surface area (Å²) in [5, 5.41) is 9.79. The maximum atomic E-state index is 12.0. The Morgan fingerprint density at radius 2 is 2.00 bits per heavy atom. The normalized spacial score (nSPS) is 15.6. The molecule has 0 atom stereocenters. The molecule has 0 unspecified atom stereocenters. The zero-order valence-corrected chi connectivity index (χ0v) is 20.5. The third kappa shape index (κ3) is 9.37. The maximum absolute atomic E-state index is 12.0. The van der Waals surface area contributed by atoms with E-state index in [0.29, 0.717) is 24.9 Å². The van der Waals surface area contributed by atoms with Crippen molar-refractivity contribution in [2.45, 2.75) is 58.9 Å². The van der Waals surface area contributed by atoms with Gasteiger partial charge >= 0.3 is 0 Å². The Hall–Kier alpha value is -1.29. The third-order valence-electron chi connectivity index (χ3n) is 5.06. The Morgan fingerprint density at radius 1 is 1.24 bits per heavy atom. The summed E-state index contributed by atoms with van der Waals surface area (Å²) in [5.41, 5.74) is 0.856. The van der Waals surface area contributed by atoms with Crippen LogP contribution in [-0.4, -0.2) is 62.1 Å². The fourth-order valence-corrected chi connectivity index (χ4v) is 3.35. The smallest absolute Gasteiger partial charge is 0.287 e. The van der Waals surface area contributed by atoms with Crippen molar-refractivity contribution in [2.75, 3.05) is 39.3 Å². The van der Waals surface area contributed by atoms with Crippen LogP contribution in [0.15, 0.2) is 21.7 Å². The van der Waals surface area contributed by atoms with E-state index in [4.69, 9.17) is 4.42 Å². The van der Waals surface area contributed by atoms with Crippen molar-refractivity contribution in [1.82, 2.24) is 20.9 Å². The molecule has 1 aliphatic rings. The van der Waals surface area contributed by atoms with Crippen LogP contribution in [0.3, 0.4) is 0 Å². The Labute approximate surface area is 192 Å². The Morgan fingerprint density at radius 3 is 2.62 bits per heavy atom. The van der Waals surface area contributed by atoms with Crippen molar-refractivity contribution >= 4 is 35.8 Å². The van der Waals surface area contributed by atoms with Gasteiger partial charge in [0, 0.05) is 44.3 Å². The van der Waals surface area contributed by atoms with Crippen LogP contribution >= 0.6 is 24.0 Å². The molecular formula is C21H38IN5O2. The molecule has 1 aromatic rings. The number of carbonyl (C=O) groups is 1. The van der Waals surface area contributed by atoms with E-state index >= 15 is 0 Å². The molecule has 7 nitrogen and oxygen atoms in total. The van der Waals surface area contributed by atoms with Crippen molar-refractivity contribution in [3.8, 4) is 0 Å². The van der Waals surface area contributed by atoms with Gasteiger partial charge in [-0.2, -0.15) is 0 Å². The van der Waals surface area contributed by atoms with Gasteiger partial charge in [0.15, 0.2) is 11.7 Å². The molecule has 0 saturated carbocycles. The van der Waals surface area contributed by atoms with E-state index in [1.165, 1.54) is 25.6 Å². The summed E-state index contributed by atoms with van der Waals surface area (Å²) in [6, 6.07) is 2.28. The molecule has 2 heterocycles. The monoisotopic (exact) mass is 519 g/mol. The van der Waals surface area contributed by atoms with Crippen molar-refractivity contribution in [3.05, 3.63) is 23.7 Å². The quantitative estimate of drug-likeness (QED) is 0.192. The zero-order chi connectivity index (χ0) is 20.2. The number of halogens is 1. The van der Waals surface area contributed by atoms with Gasteiger partial charge < -0.3 is 25.3 Å². The van der Waals surface area contributed by atoms with Gasteiger partial charge in [-0.05, 0) is 52.1 Å². The number of aliphatic imine (C=N–C) groups is 1. The summed E-state index contributed by atoms with van der Waals surface area (Å²) < 4.78 is 5.20. The lowest BCUT2D eigenvalue weighted by Gasteiger charge is -2.33. The molecule has 0 radical (unpaired) electrons. The summed E-state index contributed by atoms with van der Waals surface area (Å²) in [7, 11) is 0. The lowest BCUT2D eigenvalue weighted by Crippen LogP contribution is -2.48. The molecule has 8 heteroatoms. The average Bonchev–Trinajstić information content (AvgIpc) is 3.13. The SMILES string of the molecule is CCCCN1CCC(NC(=NCCCNC(=O)c2occc2C)NCC)CC1.I. The predicted molar refractivity (Wildman–Crippen MR) is 129 cm³/mol. The first-order valence-electron chi connectivity index (χ1n) is 10.7. The van der Waals surface area contributed by atoms with Crippen molar-refractivity contribution in [3.63, 3.8) is 0 Å². The van der Waals surface area contributed by atoms with E-state index in [1.807, 2.05) is 6.92 Å². The molecule has 166 valence electrons. The van der Waals surface area contributed by atoms with Gasteiger partial charge in [0.2, 0.25) is 0 Å². The molecule has 1 amide bonds. The molecule has 0 bridgehead atoms. The Bertz CT molecular complexity index is 612. The summed E-state index contributed by atoms with van der Waals surface area (Å²) in [6.45, 7) is 11.8. The van der Waals surface area contributed by atoms with Crippen LogP contribution in [0.25, 0.3) is 0 Å². The third-order valence-corrected chi connectivity index (χ3v) is 5.06. The van der Waals surface area contributed by atoms with Gasteiger partial charge in [-0.25, -0.2) is 0 Å². The second-order valence-corrected chi connectivity index (χ2v) is 7.42. The number of hydrogen-bond acceptors (Lipinski definition) is 4. The van der Waals surface area contributed by atoms with E-state index in [0.717, 1.165) is 50.4 Å². The van der Waals surface area contributed by atoms with Crippen molar-refractivity contribution in [2.24, 2.45) is 4.99 Å². The summed E-state index contributed by atoms with van der Waals surface area (Å²) >= 11 is 0. The molecule has 29 heavy (non-hydrogen) atoms. The lowest BCUT2D eigenvalue weighted by atomic mass is 10.0. The van der Waals surface area contributed by atoms with Crippen LogP contribution in [-0.2, 0) is 0 Å². The van der Waals surface area contributed by atoms with Crippen molar-refractivity contribution in [1.29, 1.82) is 0 Å². The molecule has 0 spiro atoms. The number of likely N-dealkylation sites (tertiary alicyclic amines) is 1. The first-order chi connectivity index (χ1) is 13.6.